The van der Waals surface area contributed by atoms with Crippen LogP contribution >= 0.6 is 0 Å². The zero-order valence-electron chi connectivity index (χ0n) is 9.89. The Morgan fingerprint density at radius 2 is 2.13 bits per heavy atom. The zero-order valence-corrected chi connectivity index (χ0v) is 9.89. The maximum absolute atomic E-state index is 12.5. The minimum atomic E-state index is -2.23. The van der Waals surface area contributed by atoms with E-state index in [0.717, 1.165) is 25.9 Å². The molecule has 0 radical (unpaired) electrons. The molecule has 0 aromatic rings. The highest BCUT2D eigenvalue weighted by Gasteiger charge is 2.36. The molecule has 2 unspecified atom stereocenters. The van der Waals surface area contributed by atoms with Crippen LogP contribution in [0.1, 0.15) is 33.6 Å². The van der Waals surface area contributed by atoms with Crippen LogP contribution in [0.5, 0.6) is 0 Å². The van der Waals surface area contributed by atoms with Gasteiger partial charge in [-0.1, -0.05) is 13.8 Å². The van der Waals surface area contributed by atoms with Crippen LogP contribution in [-0.4, -0.2) is 42.5 Å². The highest BCUT2D eigenvalue weighted by atomic mass is 19.3. The van der Waals surface area contributed by atoms with Crippen LogP contribution in [0.4, 0.5) is 8.78 Å². The lowest BCUT2D eigenvalue weighted by Crippen LogP contribution is -2.63. The summed E-state index contributed by atoms with van der Waals surface area (Å²) < 4.78 is 24.9. The Morgan fingerprint density at radius 1 is 1.47 bits per heavy atom. The van der Waals surface area contributed by atoms with E-state index in [1.807, 2.05) is 4.90 Å². The Bertz CT molecular complexity index is 199. The molecular formula is C11H22F2N2. The molecule has 0 saturated carbocycles. The van der Waals surface area contributed by atoms with Crippen molar-refractivity contribution >= 4 is 0 Å². The van der Waals surface area contributed by atoms with E-state index in [1.165, 1.54) is 0 Å². The molecular weight excluding hydrogens is 198 g/mol. The fraction of sp³-hybridized carbons (Fsp3) is 1.00. The van der Waals surface area contributed by atoms with E-state index >= 15 is 0 Å². The molecule has 0 amide bonds. The van der Waals surface area contributed by atoms with Gasteiger partial charge in [0, 0.05) is 24.7 Å². The Balaban J connectivity index is 2.64. The second kappa shape index (κ2) is 5.21. The van der Waals surface area contributed by atoms with Crippen molar-refractivity contribution in [1.82, 2.24) is 10.2 Å². The van der Waals surface area contributed by atoms with Gasteiger partial charge in [-0.15, -0.1) is 0 Å². The fourth-order valence-corrected chi connectivity index (χ4v) is 2.11. The molecule has 90 valence electrons. The minimum Gasteiger partial charge on any atom is -0.311 e. The Labute approximate surface area is 91.0 Å². The van der Waals surface area contributed by atoms with Gasteiger partial charge in [0.2, 0.25) is 0 Å². The lowest BCUT2D eigenvalue weighted by Gasteiger charge is -2.47. The number of nitrogens with zero attached hydrogens (tertiary/aromatic N) is 1. The highest BCUT2D eigenvalue weighted by molar-refractivity contribution is 4.94. The van der Waals surface area contributed by atoms with Crippen molar-refractivity contribution in [1.29, 1.82) is 0 Å². The van der Waals surface area contributed by atoms with E-state index in [9.17, 15) is 8.78 Å². The third kappa shape index (κ3) is 3.11. The van der Waals surface area contributed by atoms with E-state index in [2.05, 4.69) is 26.1 Å². The van der Waals surface area contributed by atoms with Crippen LogP contribution in [0.15, 0.2) is 0 Å². The van der Waals surface area contributed by atoms with E-state index in [0.29, 0.717) is 6.04 Å². The molecule has 0 aromatic carbocycles. The zero-order chi connectivity index (χ0) is 11.5. The molecule has 0 aliphatic carbocycles. The van der Waals surface area contributed by atoms with Gasteiger partial charge in [-0.25, -0.2) is 8.78 Å². The first-order valence-corrected chi connectivity index (χ1v) is 5.78. The summed E-state index contributed by atoms with van der Waals surface area (Å²) in [6, 6.07) is 0.364. The van der Waals surface area contributed by atoms with Gasteiger partial charge in [-0.2, -0.15) is 0 Å². The molecule has 4 heteroatoms. The second-order valence-electron chi connectivity index (χ2n) is 4.63. The Morgan fingerprint density at radius 3 is 2.60 bits per heavy atom. The topological polar surface area (TPSA) is 15.3 Å². The average Bonchev–Trinajstić information content (AvgIpc) is 2.21. The summed E-state index contributed by atoms with van der Waals surface area (Å²) in [4.78, 5) is 1.95. The standard InChI is InChI=1S/C11H22F2N2/c1-4-9-6-15(7-10(12)13)11(3,5-2)8-14-9/h9-10,14H,4-8H2,1-3H3. The van der Waals surface area contributed by atoms with Crippen molar-refractivity contribution in [3.05, 3.63) is 0 Å². The molecule has 1 fully saturated rings. The molecule has 1 rings (SSSR count). The van der Waals surface area contributed by atoms with Crippen LogP contribution in [-0.2, 0) is 0 Å². The molecule has 0 aromatic heterocycles. The maximum atomic E-state index is 12.5. The van der Waals surface area contributed by atoms with Gasteiger partial charge < -0.3 is 5.32 Å². The molecule has 15 heavy (non-hydrogen) atoms. The van der Waals surface area contributed by atoms with Crippen molar-refractivity contribution in [2.45, 2.75) is 51.6 Å². The summed E-state index contributed by atoms with van der Waals surface area (Å²) in [5.41, 5.74) is -0.109. The minimum absolute atomic E-state index is 0.0947. The fourth-order valence-electron chi connectivity index (χ4n) is 2.11. The lowest BCUT2D eigenvalue weighted by atomic mass is 9.91. The van der Waals surface area contributed by atoms with Crippen LogP contribution in [0.25, 0.3) is 0 Å². The quantitative estimate of drug-likeness (QED) is 0.780. The van der Waals surface area contributed by atoms with Crippen LogP contribution in [0, 0.1) is 0 Å². The number of halogens is 2. The van der Waals surface area contributed by atoms with Gasteiger partial charge in [0.15, 0.2) is 0 Å². The summed E-state index contributed by atoms with van der Waals surface area (Å²) in [5, 5.41) is 3.43. The van der Waals surface area contributed by atoms with E-state index in [-0.39, 0.29) is 12.1 Å². The molecule has 1 aliphatic rings. The van der Waals surface area contributed by atoms with Crippen molar-refractivity contribution in [3.63, 3.8) is 0 Å². The number of nitrogens with one attached hydrogen (secondary N) is 1. The molecule has 1 N–H and O–H groups in total. The van der Waals surface area contributed by atoms with Gasteiger partial charge in [0.1, 0.15) is 0 Å². The van der Waals surface area contributed by atoms with Crippen molar-refractivity contribution < 1.29 is 8.78 Å². The van der Waals surface area contributed by atoms with Crippen molar-refractivity contribution in [2.75, 3.05) is 19.6 Å². The number of hydrogen-bond donors (Lipinski definition) is 1. The first-order chi connectivity index (χ1) is 7.01. The van der Waals surface area contributed by atoms with Gasteiger partial charge in [0.25, 0.3) is 6.43 Å². The third-order valence-corrected chi connectivity index (χ3v) is 3.59. The Hall–Kier alpha value is -0.220. The number of rotatable bonds is 4. The smallest absolute Gasteiger partial charge is 0.251 e. The van der Waals surface area contributed by atoms with Gasteiger partial charge in [-0.05, 0) is 19.8 Å². The van der Waals surface area contributed by atoms with E-state index in [1.54, 1.807) is 0 Å². The monoisotopic (exact) mass is 220 g/mol. The predicted octanol–water partition coefficient (Wildman–Crippen LogP) is 2.10. The first-order valence-electron chi connectivity index (χ1n) is 5.78. The maximum Gasteiger partial charge on any atom is 0.251 e. The molecule has 1 aliphatic heterocycles. The summed E-state index contributed by atoms with van der Waals surface area (Å²) in [5.74, 6) is 0. The van der Waals surface area contributed by atoms with E-state index in [4.69, 9.17) is 0 Å². The summed E-state index contributed by atoms with van der Waals surface area (Å²) in [6.45, 7) is 7.68. The highest BCUT2D eigenvalue weighted by Crippen LogP contribution is 2.24. The molecule has 0 spiro atoms. The summed E-state index contributed by atoms with van der Waals surface area (Å²) in [7, 11) is 0. The lowest BCUT2D eigenvalue weighted by molar-refractivity contribution is -0.00386. The largest absolute Gasteiger partial charge is 0.311 e. The molecule has 2 atom stereocenters. The predicted molar refractivity (Wildman–Crippen MR) is 58.4 cm³/mol. The number of alkyl halides is 2. The SMILES string of the molecule is CCC1CN(CC(F)F)C(C)(CC)CN1. The first kappa shape index (κ1) is 12.8. The second-order valence-corrected chi connectivity index (χ2v) is 4.63. The normalized spacial score (nSPS) is 33.6. The van der Waals surface area contributed by atoms with Crippen LogP contribution < -0.4 is 5.32 Å². The van der Waals surface area contributed by atoms with Crippen LogP contribution in [0.2, 0.25) is 0 Å². The van der Waals surface area contributed by atoms with E-state index < -0.39 is 6.43 Å². The third-order valence-electron chi connectivity index (χ3n) is 3.59. The van der Waals surface area contributed by atoms with Crippen molar-refractivity contribution in [3.8, 4) is 0 Å². The van der Waals surface area contributed by atoms with Gasteiger partial charge >= 0.3 is 0 Å². The summed E-state index contributed by atoms with van der Waals surface area (Å²) in [6.07, 6.45) is -0.325. The average molecular weight is 220 g/mol. The molecule has 2 nitrogen and oxygen atoms in total. The molecule has 1 saturated heterocycles. The van der Waals surface area contributed by atoms with Gasteiger partial charge in [-0.3, -0.25) is 4.90 Å². The summed E-state index contributed by atoms with van der Waals surface area (Å²) >= 11 is 0. The Kier molecular flexibility index (Phi) is 4.46. The molecule has 1 heterocycles. The number of piperazine rings is 1. The van der Waals surface area contributed by atoms with Gasteiger partial charge in [0.05, 0.1) is 6.54 Å². The number of hydrogen-bond acceptors (Lipinski definition) is 2. The van der Waals surface area contributed by atoms with Crippen molar-refractivity contribution in [2.24, 2.45) is 0 Å². The van der Waals surface area contributed by atoms with Crippen LogP contribution in [0.3, 0.4) is 0 Å². The molecule has 0 bridgehead atoms.